The molecule has 16 heavy (non-hydrogen) atoms. The lowest BCUT2D eigenvalue weighted by Crippen LogP contribution is -2.16. The molecule has 1 aromatic carbocycles. The molecule has 0 saturated heterocycles. The quantitative estimate of drug-likeness (QED) is 0.833. The summed E-state index contributed by atoms with van der Waals surface area (Å²) in [5.74, 6) is -1.09. The number of aliphatic hydroxyl groups is 1. The maximum Gasteiger partial charge on any atom is 0.137 e. The Bertz CT molecular complexity index is 380. The van der Waals surface area contributed by atoms with Gasteiger partial charge in [-0.15, -0.1) is 0 Å². The van der Waals surface area contributed by atoms with Gasteiger partial charge in [0, 0.05) is 5.56 Å². The van der Waals surface area contributed by atoms with E-state index in [0.29, 0.717) is 0 Å². The molecule has 0 spiro atoms. The van der Waals surface area contributed by atoms with Crippen LogP contribution >= 0.6 is 15.9 Å². The second-order valence-corrected chi connectivity index (χ2v) is 5.19. The van der Waals surface area contributed by atoms with E-state index in [1.807, 2.05) is 20.8 Å². The molecular formula is C12H15BrF2O. The molecule has 0 heterocycles. The predicted octanol–water partition coefficient (Wildman–Crippen LogP) is 4.05. The van der Waals surface area contributed by atoms with Gasteiger partial charge in [-0.25, -0.2) is 8.78 Å². The number of hydrogen-bond donors (Lipinski definition) is 1. The zero-order valence-corrected chi connectivity index (χ0v) is 11.1. The summed E-state index contributed by atoms with van der Waals surface area (Å²) in [5.41, 5.74) is 0.0156. The SMILES string of the molecule is CC(C)C(C)C(O)c1cc(F)c(Br)cc1F. The van der Waals surface area contributed by atoms with Crippen molar-refractivity contribution in [3.8, 4) is 0 Å². The van der Waals surface area contributed by atoms with E-state index in [4.69, 9.17) is 0 Å². The first-order valence-electron chi connectivity index (χ1n) is 5.17. The highest BCUT2D eigenvalue weighted by Gasteiger charge is 2.23. The van der Waals surface area contributed by atoms with Crippen molar-refractivity contribution >= 4 is 15.9 Å². The summed E-state index contributed by atoms with van der Waals surface area (Å²) >= 11 is 2.90. The van der Waals surface area contributed by atoms with Crippen LogP contribution in [0, 0.1) is 23.5 Å². The summed E-state index contributed by atoms with van der Waals surface area (Å²) in [6.07, 6.45) is -0.984. The lowest BCUT2D eigenvalue weighted by Gasteiger charge is -2.23. The Labute approximate surface area is 103 Å². The fourth-order valence-electron chi connectivity index (χ4n) is 1.41. The summed E-state index contributed by atoms with van der Waals surface area (Å²) in [6.45, 7) is 5.68. The molecule has 0 aliphatic carbocycles. The van der Waals surface area contributed by atoms with Crippen LogP contribution in [0.15, 0.2) is 16.6 Å². The van der Waals surface area contributed by atoms with Crippen LogP contribution in [0.5, 0.6) is 0 Å². The molecule has 2 atom stereocenters. The first-order chi connectivity index (χ1) is 7.34. The topological polar surface area (TPSA) is 20.2 Å². The van der Waals surface area contributed by atoms with Crippen molar-refractivity contribution in [1.82, 2.24) is 0 Å². The fraction of sp³-hybridized carbons (Fsp3) is 0.500. The van der Waals surface area contributed by atoms with E-state index in [0.717, 1.165) is 12.1 Å². The Morgan fingerprint density at radius 1 is 1.12 bits per heavy atom. The zero-order chi connectivity index (χ0) is 12.5. The second-order valence-electron chi connectivity index (χ2n) is 4.34. The Morgan fingerprint density at radius 3 is 2.19 bits per heavy atom. The Balaban J connectivity index is 3.08. The van der Waals surface area contributed by atoms with E-state index < -0.39 is 17.7 Å². The molecular weight excluding hydrogens is 278 g/mol. The molecule has 90 valence electrons. The highest BCUT2D eigenvalue weighted by molar-refractivity contribution is 9.10. The van der Waals surface area contributed by atoms with Gasteiger partial charge < -0.3 is 5.11 Å². The van der Waals surface area contributed by atoms with Crippen molar-refractivity contribution in [3.05, 3.63) is 33.8 Å². The monoisotopic (exact) mass is 292 g/mol. The predicted molar refractivity (Wildman–Crippen MR) is 63.0 cm³/mol. The van der Waals surface area contributed by atoms with Gasteiger partial charge in [-0.05, 0) is 39.9 Å². The van der Waals surface area contributed by atoms with E-state index in [2.05, 4.69) is 15.9 Å². The van der Waals surface area contributed by atoms with Crippen molar-refractivity contribution < 1.29 is 13.9 Å². The molecule has 4 heteroatoms. The molecule has 0 saturated carbocycles. The Kier molecular flexibility index (Phi) is 4.44. The van der Waals surface area contributed by atoms with E-state index in [9.17, 15) is 13.9 Å². The van der Waals surface area contributed by atoms with Crippen LogP contribution in [-0.4, -0.2) is 5.11 Å². The van der Waals surface area contributed by atoms with E-state index >= 15 is 0 Å². The maximum absolute atomic E-state index is 13.5. The van der Waals surface area contributed by atoms with Crippen LogP contribution in [-0.2, 0) is 0 Å². The minimum absolute atomic E-state index is 0.0156. The number of aliphatic hydroxyl groups excluding tert-OH is 1. The second kappa shape index (κ2) is 5.23. The van der Waals surface area contributed by atoms with Gasteiger partial charge in [0.2, 0.25) is 0 Å². The van der Waals surface area contributed by atoms with Crippen LogP contribution in [0.3, 0.4) is 0 Å². The van der Waals surface area contributed by atoms with Gasteiger partial charge in [0.05, 0.1) is 10.6 Å². The molecule has 0 aromatic heterocycles. The third-order valence-corrected chi connectivity index (χ3v) is 3.52. The molecule has 0 amide bonds. The van der Waals surface area contributed by atoms with Crippen molar-refractivity contribution in [2.75, 3.05) is 0 Å². The fourth-order valence-corrected chi connectivity index (χ4v) is 1.73. The standard InChI is InChI=1S/C12H15BrF2O/c1-6(2)7(3)12(16)8-4-11(15)9(13)5-10(8)14/h4-7,12,16H,1-3H3. The van der Waals surface area contributed by atoms with Crippen LogP contribution in [0.4, 0.5) is 8.78 Å². The lowest BCUT2D eigenvalue weighted by atomic mass is 9.88. The number of rotatable bonds is 3. The van der Waals surface area contributed by atoms with Crippen LogP contribution in [0.25, 0.3) is 0 Å². The maximum atomic E-state index is 13.5. The van der Waals surface area contributed by atoms with Gasteiger partial charge in [0.15, 0.2) is 0 Å². The Morgan fingerprint density at radius 2 is 1.69 bits per heavy atom. The average Bonchev–Trinajstić information content (AvgIpc) is 2.21. The molecule has 0 fully saturated rings. The highest BCUT2D eigenvalue weighted by Crippen LogP contribution is 2.31. The van der Waals surface area contributed by atoms with Gasteiger partial charge in [-0.1, -0.05) is 20.8 Å². The van der Waals surface area contributed by atoms with Crippen LogP contribution in [0.1, 0.15) is 32.4 Å². The third-order valence-electron chi connectivity index (χ3n) is 2.91. The molecule has 0 aliphatic heterocycles. The number of halogens is 3. The molecule has 0 radical (unpaired) electrons. The van der Waals surface area contributed by atoms with Gasteiger partial charge in [0.1, 0.15) is 11.6 Å². The van der Waals surface area contributed by atoms with Crippen molar-refractivity contribution in [2.45, 2.75) is 26.9 Å². The van der Waals surface area contributed by atoms with Crippen LogP contribution in [0.2, 0.25) is 0 Å². The third kappa shape index (κ3) is 2.80. The molecule has 1 aromatic rings. The summed E-state index contributed by atoms with van der Waals surface area (Å²) in [6, 6.07) is 2.09. The summed E-state index contributed by atoms with van der Waals surface area (Å²) < 4.78 is 26.9. The van der Waals surface area contributed by atoms with Crippen molar-refractivity contribution in [2.24, 2.45) is 11.8 Å². The minimum Gasteiger partial charge on any atom is -0.388 e. The van der Waals surface area contributed by atoms with Gasteiger partial charge in [-0.2, -0.15) is 0 Å². The molecule has 0 aliphatic rings. The van der Waals surface area contributed by atoms with Gasteiger partial charge in [0.25, 0.3) is 0 Å². The van der Waals surface area contributed by atoms with E-state index in [-0.39, 0.29) is 21.9 Å². The first-order valence-corrected chi connectivity index (χ1v) is 5.96. The molecule has 1 rings (SSSR count). The summed E-state index contributed by atoms with van der Waals surface area (Å²) in [7, 11) is 0. The largest absolute Gasteiger partial charge is 0.388 e. The van der Waals surface area contributed by atoms with Crippen molar-refractivity contribution in [1.29, 1.82) is 0 Å². The minimum atomic E-state index is -0.984. The lowest BCUT2D eigenvalue weighted by molar-refractivity contribution is 0.0883. The first kappa shape index (κ1) is 13.6. The van der Waals surface area contributed by atoms with Gasteiger partial charge in [-0.3, -0.25) is 0 Å². The molecule has 2 unspecified atom stereocenters. The summed E-state index contributed by atoms with van der Waals surface area (Å²) in [5, 5.41) is 9.93. The van der Waals surface area contributed by atoms with Crippen LogP contribution < -0.4 is 0 Å². The van der Waals surface area contributed by atoms with Gasteiger partial charge >= 0.3 is 0 Å². The summed E-state index contributed by atoms with van der Waals surface area (Å²) in [4.78, 5) is 0. The average molecular weight is 293 g/mol. The molecule has 1 N–H and O–H groups in total. The number of benzene rings is 1. The van der Waals surface area contributed by atoms with E-state index in [1.165, 1.54) is 0 Å². The highest BCUT2D eigenvalue weighted by atomic mass is 79.9. The Hall–Kier alpha value is -0.480. The van der Waals surface area contributed by atoms with E-state index in [1.54, 1.807) is 0 Å². The smallest absolute Gasteiger partial charge is 0.137 e. The molecule has 1 nitrogen and oxygen atoms in total. The number of hydrogen-bond acceptors (Lipinski definition) is 1. The zero-order valence-electron chi connectivity index (χ0n) is 9.47. The van der Waals surface area contributed by atoms with Crippen molar-refractivity contribution in [3.63, 3.8) is 0 Å². The normalized spacial score (nSPS) is 15.2. The molecule has 0 bridgehead atoms.